The van der Waals surface area contributed by atoms with Crippen molar-refractivity contribution in [3.05, 3.63) is 43.0 Å². The number of methoxy groups -OCH3 is 1. The van der Waals surface area contributed by atoms with Gasteiger partial charge in [0.25, 0.3) is 0 Å². The maximum atomic E-state index is 9.93. The Morgan fingerprint density at radius 1 is 1.39 bits per heavy atom. The van der Waals surface area contributed by atoms with E-state index in [2.05, 4.69) is 4.98 Å². The van der Waals surface area contributed by atoms with Crippen LogP contribution < -0.4 is 4.74 Å². The molecule has 1 N–H and O–H groups in total. The molecule has 96 valence electrons. The van der Waals surface area contributed by atoms with Crippen LogP contribution in [-0.2, 0) is 6.54 Å². The summed E-state index contributed by atoms with van der Waals surface area (Å²) < 4.78 is 7.04. The molecule has 0 spiro atoms. The molecular weight excluding hydrogens is 248 g/mol. The monoisotopic (exact) mass is 264 g/mol. The molecule has 0 aliphatic rings. The summed E-state index contributed by atoms with van der Waals surface area (Å²) >= 11 is 1.45. The van der Waals surface area contributed by atoms with Gasteiger partial charge in [-0.15, -0.1) is 0 Å². The van der Waals surface area contributed by atoms with Crippen molar-refractivity contribution < 1.29 is 9.84 Å². The van der Waals surface area contributed by atoms with Crippen LogP contribution >= 0.6 is 11.8 Å². The molecule has 1 unspecified atom stereocenters. The highest BCUT2D eigenvalue weighted by atomic mass is 32.2. The van der Waals surface area contributed by atoms with Crippen molar-refractivity contribution in [3.63, 3.8) is 0 Å². The number of benzene rings is 1. The standard InChI is InChI=1S/C13H16N2O2S/c1-17-11-2-4-12(5-3-11)18-13(16)6-8-15-9-7-14-10-15/h2-5,7,9-10,13,16H,6,8H2,1H3. The highest BCUT2D eigenvalue weighted by Gasteiger charge is 2.06. The number of aryl methyl sites for hydroxylation is 1. The molecule has 4 nitrogen and oxygen atoms in total. The van der Waals surface area contributed by atoms with Gasteiger partial charge in [-0.25, -0.2) is 4.98 Å². The molecule has 1 aromatic carbocycles. The normalized spacial score (nSPS) is 12.3. The molecule has 1 atom stereocenters. The summed E-state index contributed by atoms with van der Waals surface area (Å²) in [5.74, 6) is 0.826. The van der Waals surface area contributed by atoms with E-state index in [4.69, 9.17) is 4.74 Å². The molecule has 2 rings (SSSR count). The van der Waals surface area contributed by atoms with Gasteiger partial charge in [0.05, 0.1) is 13.4 Å². The molecule has 2 aromatic rings. The zero-order valence-corrected chi connectivity index (χ0v) is 11.0. The third-order valence-electron chi connectivity index (χ3n) is 2.52. The van der Waals surface area contributed by atoms with Gasteiger partial charge in [0, 0.05) is 30.3 Å². The number of ether oxygens (including phenoxy) is 1. The second-order valence-electron chi connectivity index (χ2n) is 3.84. The number of aliphatic hydroxyl groups is 1. The predicted molar refractivity (Wildman–Crippen MR) is 71.7 cm³/mol. The Hall–Kier alpha value is -1.46. The van der Waals surface area contributed by atoms with Gasteiger partial charge in [0.2, 0.25) is 0 Å². The molecule has 0 saturated carbocycles. The number of nitrogens with zero attached hydrogens (tertiary/aromatic N) is 2. The fourth-order valence-corrected chi connectivity index (χ4v) is 2.38. The van der Waals surface area contributed by atoms with E-state index in [9.17, 15) is 5.11 Å². The Morgan fingerprint density at radius 3 is 2.78 bits per heavy atom. The number of aliphatic hydroxyl groups excluding tert-OH is 1. The van der Waals surface area contributed by atoms with Crippen LogP contribution in [0.15, 0.2) is 47.9 Å². The lowest BCUT2D eigenvalue weighted by atomic mass is 10.3. The first-order valence-electron chi connectivity index (χ1n) is 5.72. The minimum absolute atomic E-state index is 0.416. The maximum absolute atomic E-state index is 9.93. The van der Waals surface area contributed by atoms with Crippen molar-refractivity contribution in [2.24, 2.45) is 0 Å². The van der Waals surface area contributed by atoms with Gasteiger partial charge in [-0.1, -0.05) is 11.8 Å². The Balaban J connectivity index is 1.80. The van der Waals surface area contributed by atoms with Crippen LogP contribution in [0, 0.1) is 0 Å². The lowest BCUT2D eigenvalue weighted by Crippen LogP contribution is -2.06. The number of aromatic nitrogens is 2. The van der Waals surface area contributed by atoms with E-state index in [0.29, 0.717) is 6.42 Å². The van der Waals surface area contributed by atoms with E-state index in [1.807, 2.05) is 35.0 Å². The molecule has 1 heterocycles. The van der Waals surface area contributed by atoms with Crippen LogP contribution in [0.5, 0.6) is 5.75 Å². The molecule has 0 aliphatic carbocycles. The SMILES string of the molecule is COc1ccc(SC(O)CCn2ccnc2)cc1. The summed E-state index contributed by atoms with van der Waals surface area (Å²) in [6.07, 6.45) is 6.07. The first-order chi connectivity index (χ1) is 8.78. The summed E-state index contributed by atoms with van der Waals surface area (Å²) in [5.41, 5.74) is -0.416. The lowest BCUT2D eigenvalue weighted by molar-refractivity contribution is 0.245. The van der Waals surface area contributed by atoms with E-state index < -0.39 is 5.44 Å². The molecule has 18 heavy (non-hydrogen) atoms. The number of rotatable bonds is 6. The molecule has 5 heteroatoms. The number of hydrogen-bond donors (Lipinski definition) is 1. The molecule has 0 fully saturated rings. The quantitative estimate of drug-likeness (QED) is 0.643. The lowest BCUT2D eigenvalue weighted by Gasteiger charge is -2.10. The molecule has 0 aliphatic heterocycles. The molecule has 0 amide bonds. The molecule has 0 radical (unpaired) electrons. The van der Waals surface area contributed by atoms with Crippen molar-refractivity contribution in [2.75, 3.05) is 7.11 Å². The minimum atomic E-state index is -0.416. The fourth-order valence-electron chi connectivity index (χ4n) is 1.55. The van der Waals surface area contributed by atoms with E-state index in [-0.39, 0.29) is 0 Å². The average molecular weight is 264 g/mol. The Morgan fingerprint density at radius 2 is 2.17 bits per heavy atom. The van der Waals surface area contributed by atoms with Crippen LogP contribution in [-0.4, -0.2) is 27.2 Å². The second-order valence-corrected chi connectivity index (χ2v) is 5.09. The maximum Gasteiger partial charge on any atom is 0.118 e. The zero-order chi connectivity index (χ0) is 12.8. The third-order valence-corrected chi connectivity index (χ3v) is 3.58. The summed E-state index contributed by atoms with van der Waals surface area (Å²) in [7, 11) is 1.64. The topological polar surface area (TPSA) is 47.3 Å². The second kappa shape index (κ2) is 6.47. The molecule has 0 bridgehead atoms. The Labute approximate surface area is 111 Å². The summed E-state index contributed by atoms with van der Waals surface area (Å²) in [4.78, 5) is 5.00. The summed E-state index contributed by atoms with van der Waals surface area (Å²) in [5, 5.41) is 9.93. The van der Waals surface area contributed by atoms with Crippen LogP contribution in [0.2, 0.25) is 0 Å². The van der Waals surface area contributed by atoms with Gasteiger partial charge >= 0.3 is 0 Å². The van der Waals surface area contributed by atoms with Crippen molar-refractivity contribution in [1.29, 1.82) is 0 Å². The van der Waals surface area contributed by atoms with E-state index in [0.717, 1.165) is 17.2 Å². The highest BCUT2D eigenvalue weighted by molar-refractivity contribution is 7.99. The average Bonchev–Trinajstić information content (AvgIpc) is 2.90. The van der Waals surface area contributed by atoms with Gasteiger partial charge in [0.15, 0.2) is 0 Å². The van der Waals surface area contributed by atoms with E-state index in [1.54, 1.807) is 19.6 Å². The molecule has 1 aromatic heterocycles. The van der Waals surface area contributed by atoms with Gasteiger partial charge in [-0.2, -0.15) is 0 Å². The van der Waals surface area contributed by atoms with Gasteiger partial charge in [0.1, 0.15) is 11.2 Å². The number of hydrogen-bond acceptors (Lipinski definition) is 4. The van der Waals surface area contributed by atoms with Crippen molar-refractivity contribution in [3.8, 4) is 5.75 Å². The van der Waals surface area contributed by atoms with Crippen molar-refractivity contribution in [2.45, 2.75) is 23.3 Å². The largest absolute Gasteiger partial charge is 0.497 e. The number of imidazole rings is 1. The summed E-state index contributed by atoms with van der Waals surface area (Å²) in [6, 6.07) is 7.68. The Bertz CT molecular complexity index is 456. The van der Waals surface area contributed by atoms with Crippen LogP contribution in [0.4, 0.5) is 0 Å². The van der Waals surface area contributed by atoms with Gasteiger partial charge in [-0.3, -0.25) is 0 Å². The van der Waals surface area contributed by atoms with Gasteiger partial charge < -0.3 is 14.4 Å². The smallest absolute Gasteiger partial charge is 0.118 e. The molecular formula is C13H16N2O2S. The van der Waals surface area contributed by atoms with E-state index in [1.165, 1.54) is 11.8 Å². The Kier molecular flexibility index (Phi) is 4.66. The van der Waals surface area contributed by atoms with Crippen LogP contribution in [0.3, 0.4) is 0 Å². The first kappa shape index (κ1) is 13.0. The van der Waals surface area contributed by atoms with Crippen molar-refractivity contribution >= 4 is 11.8 Å². The summed E-state index contributed by atoms with van der Waals surface area (Å²) in [6.45, 7) is 0.768. The third kappa shape index (κ3) is 3.78. The van der Waals surface area contributed by atoms with Crippen LogP contribution in [0.1, 0.15) is 6.42 Å². The van der Waals surface area contributed by atoms with Gasteiger partial charge in [-0.05, 0) is 24.3 Å². The molecule has 0 saturated heterocycles. The number of thioether (sulfide) groups is 1. The highest BCUT2D eigenvalue weighted by Crippen LogP contribution is 2.25. The van der Waals surface area contributed by atoms with Crippen molar-refractivity contribution in [1.82, 2.24) is 9.55 Å². The predicted octanol–water partition coefficient (Wildman–Crippen LogP) is 2.39. The van der Waals surface area contributed by atoms with E-state index >= 15 is 0 Å². The first-order valence-corrected chi connectivity index (χ1v) is 6.60. The zero-order valence-electron chi connectivity index (χ0n) is 10.2. The minimum Gasteiger partial charge on any atom is -0.497 e. The van der Waals surface area contributed by atoms with Crippen LogP contribution in [0.25, 0.3) is 0 Å². The fraction of sp³-hybridized carbons (Fsp3) is 0.308.